The minimum absolute atomic E-state index is 0.171. The molecule has 0 spiro atoms. The third kappa shape index (κ3) is 4.20. The van der Waals surface area contributed by atoms with Gasteiger partial charge in [0.25, 0.3) is 5.91 Å². The molecule has 5 rings (SSSR count). The van der Waals surface area contributed by atoms with Gasteiger partial charge in [0.15, 0.2) is 0 Å². The zero-order chi connectivity index (χ0) is 22.8. The number of para-hydroxylation sites is 1. The Labute approximate surface area is 193 Å². The van der Waals surface area contributed by atoms with Crippen molar-refractivity contribution in [3.63, 3.8) is 0 Å². The average molecular weight is 439 g/mol. The maximum Gasteiger partial charge on any atom is 0.251 e. The monoisotopic (exact) mass is 438 g/mol. The van der Waals surface area contributed by atoms with Gasteiger partial charge in [-0.3, -0.25) is 9.78 Å². The number of nitriles is 1. The minimum atomic E-state index is -0.742. The second-order valence-electron chi connectivity index (χ2n) is 8.94. The van der Waals surface area contributed by atoms with Crippen LogP contribution in [0.5, 0.6) is 0 Å². The van der Waals surface area contributed by atoms with Crippen molar-refractivity contribution in [1.82, 2.24) is 10.3 Å². The molecule has 3 heterocycles. The van der Waals surface area contributed by atoms with E-state index < -0.39 is 5.41 Å². The zero-order valence-electron chi connectivity index (χ0n) is 18.7. The Kier molecular flexibility index (Phi) is 5.57. The van der Waals surface area contributed by atoms with Gasteiger partial charge in [-0.05, 0) is 65.9 Å². The number of pyridine rings is 1. The molecule has 1 unspecified atom stereocenters. The van der Waals surface area contributed by atoms with Crippen LogP contribution < -0.4 is 10.2 Å². The quantitative estimate of drug-likeness (QED) is 0.669. The number of hydrogen-bond acceptors (Lipinski definition) is 5. The summed E-state index contributed by atoms with van der Waals surface area (Å²) in [5.41, 5.74) is 6.22. The molecular weight excluding hydrogens is 412 g/mol. The van der Waals surface area contributed by atoms with Crippen LogP contribution in [0.25, 0.3) is 0 Å². The molecule has 2 aliphatic heterocycles. The van der Waals surface area contributed by atoms with Gasteiger partial charge in [0.2, 0.25) is 0 Å². The molecule has 0 saturated carbocycles. The topological polar surface area (TPSA) is 78.2 Å². The summed E-state index contributed by atoms with van der Waals surface area (Å²) in [6.45, 7) is 4.81. The average Bonchev–Trinajstić information content (AvgIpc) is 2.87. The summed E-state index contributed by atoms with van der Waals surface area (Å²) < 4.78 is 5.55. The number of benzene rings is 2. The summed E-state index contributed by atoms with van der Waals surface area (Å²) >= 11 is 0. The molecular formula is C27H26N4O2. The first-order valence-electron chi connectivity index (χ1n) is 11.2. The van der Waals surface area contributed by atoms with Crippen molar-refractivity contribution in [3.05, 3.63) is 94.3 Å². The third-order valence-corrected chi connectivity index (χ3v) is 6.56. The highest BCUT2D eigenvalue weighted by Crippen LogP contribution is 2.32. The van der Waals surface area contributed by atoms with Crippen molar-refractivity contribution in [2.24, 2.45) is 0 Å². The van der Waals surface area contributed by atoms with Gasteiger partial charge in [-0.15, -0.1) is 0 Å². The number of hydrogen-bond donors (Lipinski definition) is 1. The second kappa shape index (κ2) is 8.68. The summed E-state index contributed by atoms with van der Waals surface area (Å²) in [6, 6.07) is 20.4. The number of nitrogens with zero attached hydrogens (tertiary/aromatic N) is 3. The van der Waals surface area contributed by atoms with Gasteiger partial charge in [-0.1, -0.05) is 24.3 Å². The summed E-state index contributed by atoms with van der Waals surface area (Å²) in [7, 11) is 0. The van der Waals surface area contributed by atoms with Crippen LogP contribution in [0.3, 0.4) is 0 Å². The highest BCUT2D eigenvalue weighted by Gasteiger charge is 2.33. The van der Waals surface area contributed by atoms with Gasteiger partial charge in [-0.25, -0.2) is 0 Å². The lowest BCUT2D eigenvalue weighted by molar-refractivity contribution is 0.0757. The highest BCUT2D eigenvalue weighted by molar-refractivity contribution is 5.94. The molecule has 1 atom stereocenters. The first-order chi connectivity index (χ1) is 16.1. The predicted molar refractivity (Wildman–Crippen MR) is 126 cm³/mol. The van der Waals surface area contributed by atoms with Gasteiger partial charge < -0.3 is 15.0 Å². The van der Waals surface area contributed by atoms with E-state index >= 15 is 0 Å². The van der Waals surface area contributed by atoms with Gasteiger partial charge in [0, 0.05) is 30.5 Å². The molecule has 0 bridgehead atoms. The van der Waals surface area contributed by atoms with Crippen molar-refractivity contribution >= 4 is 11.6 Å². The lowest BCUT2D eigenvalue weighted by atomic mass is 9.79. The van der Waals surface area contributed by atoms with E-state index in [2.05, 4.69) is 51.6 Å². The number of amides is 1. The molecule has 1 amide bonds. The van der Waals surface area contributed by atoms with E-state index in [0.717, 1.165) is 36.3 Å². The first-order valence-corrected chi connectivity index (χ1v) is 11.2. The molecule has 33 heavy (non-hydrogen) atoms. The third-order valence-electron chi connectivity index (χ3n) is 6.56. The molecule has 2 aliphatic rings. The van der Waals surface area contributed by atoms with Gasteiger partial charge in [-0.2, -0.15) is 5.26 Å². The van der Waals surface area contributed by atoms with Crippen LogP contribution in [0.1, 0.15) is 45.2 Å². The lowest BCUT2D eigenvalue weighted by Gasteiger charge is -2.30. The normalized spacial score (nSPS) is 19.2. The Morgan fingerprint density at radius 1 is 1.18 bits per heavy atom. The van der Waals surface area contributed by atoms with Crippen molar-refractivity contribution in [2.45, 2.75) is 38.5 Å². The van der Waals surface area contributed by atoms with E-state index in [1.54, 1.807) is 6.07 Å². The lowest BCUT2D eigenvalue weighted by Crippen LogP contribution is -2.33. The van der Waals surface area contributed by atoms with Crippen molar-refractivity contribution < 1.29 is 9.53 Å². The number of rotatable bonds is 4. The second-order valence-corrected chi connectivity index (χ2v) is 8.94. The Morgan fingerprint density at radius 2 is 2.03 bits per heavy atom. The molecule has 1 aromatic heterocycles. The van der Waals surface area contributed by atoms with Crippen LogP contribution in [0.15, 0.2) is 60.8 Å². The Balaban J connectivity index is 1.29. The summed E-state index contributed by atoms with van der Waals surface area (Å²) in [6.07, 6.45) is 2.90. The van der Waals surface area contributed by atoms with Crippen molar-refractivity contribution in [2.75, 3.05) is 18.1 Å². The van der Waals surface area contributed by atoms with E-state index in [4.69, 9.17) is 4.74 Å². The molecule has 0 saturated heterocycles. The molecule has 3 aromatic rings. The Hall–Kier alpha value is -3.69. The van der Waals surface area contributed by atoms with Crippen LogP contribution in [-0.2, 0) is 36.3 Å². The molecule has 166 valence electrons. The van der Waals surface area contributed by atoms with Gasteiger partial charge in [0.05, 0.1) is 31.5 Å². The molecule has 6 nitrogen and oxygen atoms in total. The van der Waals surface area contributed by atoms with E-state index in [1.165, 1.54) is 16.8 Å². The molecule has 0 fully saturated rings. The number of carbonyl (C=O) groups excluding carboxylic acids is 1. The maximum absolute atomic E-state index is 12.9. The van der Waals surface area contributed by atoms with E-state index in [-0.39, 0.29) is 5.91 Å². The summed E-state index contributed by atoms with van der Waals surface area (Å²) in [5, 5.41) is 12.6. The predicted octanol–water partition coefficient (Wildman–Crippen LogP) is 3.89. The fourth-order valence-electron chi connectivity index (χ4n) is 4.61. The Bertz CT molecular complexity index is 1230. The van der Waals surface area contributed by atoms with Crippen LogP contribution in [0, 0.1) is 11.3 Å². The number of anilines is 1. The number of fused-ring (bicyclic) bond motifs is 2. The number of aromatic nitrogens is 1. The maximum atomic E-state index is 12.9. The summed E-state index contributed by atoms with van der Waals surface area (Å²) in [5.74, 6) is -0.171. The molecule has 2 aromatic carbocycles. The smallest absolute Gasteiger partial charge is 0.251 e. The fourth-order valence-corrected chi connectivity index (χ4v) is 4.61. The van der Waals surface area contributed by atoms with Crippen LogP contribution >= 0.6 is 0 Å². The van der Waals surface area contributed by atoms with E-state index in [9.17, 15) is 10.1 Å². The van der Waals surface area contributed by atoms with Gasteiger partial charge in [0.1, 0.15) is 5.41 Å². The van der Waals surface area contributed by atoms with Crippen LogP contribution in [0.2, 0.25) is 0 Å². The highest BCUT2D eigenvalue weighted by atomic mass is 16.5. The molecule has 6 heteroatoms. The minimum Gasteiger partial charge on any atom is -0.375 e. The van der Waals surface area contributed by atoms with Crippen LogP contribution in [-0.4, -0.2) is 24.0 Å². The standard InChI is InChI=1S/C27H26N4O2/c1-27(17-28)18-33-16-21-8-7-19(12-25(21)27)26(32)30-14-23-11-22-15-31(10-9-20(22)13-29-23)24-5-3-2-4-6-24/h2-8,11-13H,9-10,14-16,18H2,1H3,(H,30,32). The fraction of sp³-hybridized carbons (Fsp3) is 0.296. The Morgan fingerprint density at radius 3 is 2.85 bits per heavy atom. The molecule has 0 radical (unpaired) electrons. The SMILES string of the molecule is CC1(C#N)COCc2ccc(C(=O)NCc3cc4c(cn3)CCN(c3ccccc3)C4)cc21. The zero-order valence-corrected chi connectivity index (χ0v) is 18.7. The largest absolute Gasteiger partial charge is 0.375 e. The van der Waals surface area contributed by atoms with Crippen molar-refractivity contribution in [1.29, 1.82) is 5.26 Å². The summed E-state index contributed by atoms with van der Waals surface area (Å²) in [4.78, 5) is 19.8. The van der Waals surface area contributed by atoms with Crippen molar-refractivity contribution in [3.8, 4) is 6.07 Å². The number of ether oxygens (including phenoxy) is 1. The number of carbonyl (C=O) groups is 1. The van der Waals surface area contributed by atoms with Crippen LogP contribution in [0.4, 0.5) is 5.69 Å². The molecule has 0 aliphatic carbocycles. The number of nitrogens with one attached hydrogen (secondary N) is 1. The molecule has 1 N–H and O–H groups in total. The first kappa shape index (κ1) is 21.2. The van der Waals surface area contributed by atoms with E-state index in [1.807, 2.05) is 31.3 Å². The van der Waals surface area contributed by atoms with E-state index in [0.29, 0.717) is 25.3 Å². The van der Waals surface area contributed by atoms with Gasteiger partial charge >= 0.3 is 0 Å².